The number of aromatic nitrogens is 1. The Morgan fingerprint density at radius 2 is 2.14 bits per heavy atom. The van der Waals surface area contributed by atoms with E-state index in [1.807, 2.05) is 13.8 Å². The van der Waals surface area contributed by atoms with Gasteiger partial charge in [-0.25, -0.2) is 9.78 Å². The first kappa shape index (κ1) is 16.7. The first-order chi connectivity index (χ1) is 9.92. The monoisotopic (exact) mass is 295 g/mol. The topological polar surface area (TPSA) is 101 Å². The van der Waals surface area contributed by atoms with Crippen molar-refractivity contribution >= 4 is 12.0 Å². The second kappa shape index (κ2) is 8.08. The first-order valence-electron chi connectivity index (χ1n) is 6.67. The second-order valence-corrected chi connectivity index (χ2v) is 4.98. The second-order valence-electron chi connectivity index (χ2n) is 4.98. The van der Waals surface area contributed by atoms with Crippen molar-refractivity contribution in [1.82, 2.24) is 15.6 Å². The predicted octanol–water partition coefficient (Wildman–Crippen LogP) is 1.39. The van der Waals surface area contributed by atoms with Crippen LogP contribution in [0.5, 0.6) is 5.88 Å². The summed E-state index contributed by atoms with van der Waals surface area (Å²) in [6.07, 6.45) is 1.49. The fraction of sp³-hybridized carbons (Fsp3) is 0.500. The zero-order valence-electron chi connectivity index (χ0n) is 12.4. The highest BCUT2D eigenvalue weighted by atomic mass is 16.5. The molecule has 0 radical (unpaired) electrons. The van der Waals surface area contributed by atoms with Crippen LogP contribution >= 0.6 is 0 Å². The molecular formula is C14H21N3O4. The van der Waals surface area contributed by atoms with Gasteiger partial charge in [-0.1, -0.05) is 13.8 Å². The number of methoxy groups -OCH3 is 1. The highest BCUT2D eigenvalue weighted by Crippen LogP contribution is 2.08. The van der Waals surface area contributed by atoms with Crippen LogP contribution in [0.25, 0.3) is 0 Å². The van der Waals surface area contributed by atoms with Gasteiger partial charge in [-0.15, -0.1) is 0 Å². The van der Waals surface area contributed by atoms with Crippen LogP contribution in [0.4, 0.5) is 4.79 Å². The molecule has 21 heavy (non-hydrogen) atoms. The van der Waals surface area contributed by atoms with Crippen LogP contribution in [0.15, 0.2) is 18.3 Å². The van der Waals surface area contributed by atoms with Crippen molar-refractivity contribution in [3.8, 4) is 5.88 Å². The molecule has 0 saturated carbocycles. The van der Waals surface area contributed by atoms with E-state index in [1.165, 1.54) is 7.11 Å². The summed E-state index contributed by atoms with van der Waals surface area (Å²) in [5, 5.41) is 14.2. The summed E-state index contributed by atoms with van der Waals surface area (Å²) in [5.41, 5.74) is 0.844. The fourth-order valence-electron chi connectivity index (χ4n) is 1.72. The molecule has 0 bridgehead atoms. The molecule has 0 aliphatic rings. The van der Waals surface area contributed by atoms with Crippen molar-refractivity contribution in [2.24, 2.45) is 5.92 Å². The summed E-state index contributed by atoms with van der Waals surface area (Å²) in [5.74, 6) is -0.429. The van der Waals surface area contributed by atoms with Crippen molar-refractivity contribution in [3.63, 3.8) is 0 Å². The number of hydrogen-bond donors (Lipinski definition) is 3. The number of amides is 2. The number of carbonyl (C=O) groups is 2. The summed E-state index contributed by atoms with van der Waals surface area (Å²) < 4.78 is 5.00. The molecule has 1 rings (SSSR count). The molecule has 116 valence electrons. The van der Waals surface area contributed by atoms with E-state index in [0.29, 0.717) is 12.4 Å². The Morgan fingerprint density at radius 1 is 1.43 bits per heavy atom. The maximum absolute atomic E-state index is 11.8. The number of rotatable bonds is 7. The van der Waals surface area contributed by atoms with E-state index in [0.717, 1.165) is 5.56 Å². The molecule has 7 nitrogen and oxygen atoms in total. The molecule has 0 aliphatic carbocycles. The van der Waals surface area contributed by atoms with Gasteiger partial charge < -0.3 is 20.5 Å². The Balaban J connectivity index is 2.50. The van der Waals surface area contributed by atoms with E-state index < -0.39 is 18.0 Å². The predicted molar refractivity (Wildman–Crippen MR) is 77.0 cm³/mol. The van der Waals surface area contributed by atoms with Gasteiger partial charge in [-0.05, 0) is 17.5 Å². The van der Waals surface area contributed by atoms with Gasteiger partial charge in [0.2, 0.25) is 5.88 Å². The van der Waals surface area contributed by atoms with Crippen LogP contribution in [0.2, 0.25) is 0 Å². The minimum absolute atomic E-state index is 0.0351. The van der Waals surface area contributed by atoms with E-state index in [9.17, 15) is 9.59 Å². The lowest BCUT2D eigenvalue weighted by Gasteiger charge is -2.20. The van der Waals surface area contributed by atoms with Crippen molar-refractivity contribution in [2.75, 3.05) is 7.11 Å². The van der Waals surface area contributed by atoms with E-state index in [1.54, 1.807) is 18.3 Å². The highest BCUT2D eigenvalue weighted by molar-refractivity contribution is 5.75. The quantitative estimate of drug-likeness (QED) is 0.705. The average Bonchev–Trinajstić information content (AvgIpc) is 2.44. The largest absolute Gasteiger partial charge is 0.481 e. The number of carboxylic acids is 1. The molecule has 2 amide bonds. The third-order valence-corrected chi connectivity index (χ3v) is 2.98. The molecule has 3 N–H and O–H groups in total. The third-order valence-electron chi connectivity index (χ3n) is 2.98. The molecule has 0 aromatic carbocycles. The zero-order valence-corrected chi connectivity index (χ0v) is 12.4. The van der Waals surface area contributed by atoms with Gasteiger partial charge in [0.1, 0.15) is 0 Å². The van der Waals surface area contributed by atoms with Crippen molar-refractivity contribution in [2.45, 2.75) is 32.9 Å². The molecule has 0 fully saturated rings. The number of aliphatic carboxylic acids is 1. The SMILES string of the molecule is COc1cc(CNC(=O)NC(CC(=O)O)C(C)C)ccn1. The Morgan fingerprint density at radius 3 is 2.71 bits per heavy atom. The summed E-state index contributed by atoms with van der Waals surface area (Å²) in [7, 11) is 1.52. The number of ether oxygens (including phenoxy) is 1. The maximum Gasteiger partial charge on any atom is 0.315 e. The number of carboxylic acid groups (broad SMARTS) is 1. The molecule has 7 heteroatoms. The molecule has 1 unspecified atom stereocenters. The molecule has 1 aromatic heterocycles. The normalized spacial score (nSPS) is 11.8. The maximum atomic E-state index is 11.8. The smallest absolute Gasteiger partial charge is 0.315 e. The molecule has 1 heterocycles. The Kier molecular flexibility index (Phi) is 6.45. The number of nitrogens with one attached hydrogen (secondary N) is 2. The average molecular weight is 295 g/mol. The first-order valence-corrected chi connectivity index (χ1v) is 6.67. The van der Waals surface area contributed by atoms with Crippen molar-refractivity contribution < 1.29 is 19.4 Å². The van der Waals surface area contributed by atoms with Gasteiger partial charge in [-0.3, -0.25) is 4.79 Å². The standard InChI is InChI=1S/C14H21N3O4/c1-9(2)11(7-13(18)19)17-14(20)16-8-10-4-5-15-12(6-10)21-3/h4-6,9,11H,7-8H2,1-3H3,(H,18,19)(H2,16,17,20). The summed E-state index contributed by atoms with van der Waals surface area (Å²) in [4.78, 5) is 26.5. The summed E-state index contributed by atoms with van der Waals surface area (Å²) in [6, 6.07) is 2.68. The molecule has 0 aliphatic heterocycles. The van der Waals surface area contributed by atoms with Gasteiger partial charge in [0.25, 0.3) is 0 Å². The minimum atomic E-state index is -0.937. The van der Waals surface area contributed by atoms with Crippen LogP contribution in [0.3, 0.4) is 0 Å². The van der Waals surface area contributed by atoms with Crippen LogP contribution in [-0.4, -0.2) is 35.2 Å². The van der Waals surface area contributed by atoms with Crippen molar-refractivity contribution in [3.05, 3.63) is 23.9 Å². The Hall–Kier alpha value is -2.31. The zero-order chi connectivity index (χ0) is 15.8. The number of hydrogen-bond acceptors (Lipinski definition) is 4. The van der Waals surface area contributed by atoms with Crippen LogP contribution in [0.1, 0.15) is 25.8 Å². The molecular weight excluding hydrogens is 274 g/mol. The Labute approximate surface area is 123 Å². The number of urea groups is 1. The van der Waals surface area contributed by atoms with E-state index in [4.69, 9.17) is 9.84 Å². The molecule has 1 aromatic rings. The number of nitrogens with zero attached hydrogens (tertiary/aromatic N) is 1. The van der Waals surface area contributed by atoms with E-state index in [-0.39, 0.29) is 12.3 Å². The van der Waals surface area contributed by atoms with Crippen LogP contribution in [0, 0.1) is 5.92 Å². The van der Waals surface area contributed by atoms with Crippen LogP contribution < -0.4 is 15.4 Å². The van der Waals surface area contributed by atoms with E-state index in [2.05, 4.69) is 15.6 Å². The lowest BCUT2D eigenvalue weighted by Crippen LogP contribution is -2.45. The van der Waals surface area contributed by atoms with Gasteiger partial charge in [0.05, 0.1) is 13.5 Å². The fourth-order valence-corrected chi connectivity index (χ4v) is 1.72. The highest BCUT2D eigenvalue weighted by Gasteiger charge is 2.19. The molecule has 0 spiro atoms. The van der Waals surface area contributed by atoms with Gasteiger partial charge in [-0.2, -0.15) is 0 Å². The summed E-state index contributed by atoms with van der Waals surface area (Å²) >= 11 is 0. The van der Waals surface area contributed by atoms with Crippen LogP contribution in [-0.2, 0) is 11.3 Å². The molecule has 1 atom stereocenters. The lowest BCUT2D eigenvalue weighted by atomic mass is 10.0. The van der Waals surface area contributed by atoms with Gasteiger partial charge in [0, 0.05) is 24.8 Å². The van der Waals surface area contributed by atoms with Gasteiger partial charge in [0.15, 0.2) is 0 Å². The van der Waals surface area contributed by atoms with Gasteiger partial charge >= 0.3 is 12.0 Å². The Bertz CT molecular complexity index is 491. The van der Waals surface area contributed by atoms with E-state index >= 15 is 0 Å². The lowest BCUT2D eigenvalue weighted by molar-refractivity contribution is -0.137. The number of carbonyl (C=O) groups excluding carboxylic acids is 1. The minimum Gasteiger partial charge on any atom is -0.481 e. The molecule has 0 saturated heterocycles. The summed E-state index contributed by atoms with van der Waals surface area (Å²) in [6.45, 7) is 4.03. The number of pyridine rings is 1. The third kappa shape index (κ3) is 6.11. The van der Waals surface area contributed by atoms with Crippen molar-refractivity contribution in [1.29, 1.82) is 0 Å².